The Morgan fingerprint density at radius 1 is 1.25 bits per heavy atom. The number of rotatable bonds is 6. The Hall–Kier alpha value is -1.02. The lowest BCUT2D eigenvalue weighted by atomic mass is 9.88. The van der Waals surface area contributed by atoms with Gasteiger partial charge in [0.1, 0.15) is 11.4 Å². The van der Waals surface area contributed by atoms with E-state index < -0.39 is 0 Å². The molecule has 0 saturated heterocycles. The number of fused-ring (bicyclic) bond motifs is 1. The lowest BCUT2D eigenvalue weighted by Crippen LogP contribution is -2.39. The van der Waals surface area contributed by atoms with Crippen LogP contribution >= 0.6 is 0 Å². The van der Waals surface area contributed by atoms with Gasteiger partial charge in [-0.15, -0.1) is 0 Å². The van der Waals surface area contributed by atoms with Crippen molar-refractivity contribution in [2.24, 2.45) is 0 Å². The number of hydrogen-bond acceptors (Lipinski definition) is 2. The molecule has 0 bridgehead atoms. The molecular weight excluding hydrogens is 246 g/mol. The molecule has 2 rings (SSSR count). The molecule has 112 valence electrons. The molecule has 1 aromatic rings. The van der Waals surface area contributed by atoms with E-state index in [0.717, 1.165) is 25.1 Å². The van der Waals surface area contributed by atoms with Gasteiger partial charge in [0.25, 0.3) is 0 Å². The van der Waals surface area contributed by atoms with Crippen LogP contribution in [0.4, 0.5) is 0 Å². The van der Waals surface area contributed by atoms with E-state index in [0.29, 0.717) is 6.04 Å². The van der Waals surface area contributed by atoms with E-state index >= 15 is 0 Å². The summed E-state index contributed by atoms with van der Waals surface area (Å²) in [6.45, 7) is 9.93. The average Bonchev–Trinajstić information content (AvgIpc) is 2.42. The fourth-order valence-corrected chi connectivity index (χ4v) is 2.96. The highest BCUT2D eigenvalue weighted by Crippen LogP contribution is 2.39. The standard InChI is InChI=1S/C18H29NO/c1-5-7-8-11-19-16-13-18(3,4)20-17-10-9-14(6-2)12-15(16)17/h9-10,12,16,19H,5-8,11,13H2,1-4H3. The molecule has 1 aromatic carbocycles. The maximum Gasteiger partial charge on any atom is 0.124 e. The van der Waals surface area contributed by atoms with Crippen LogP contribution in [0.25, 0.3) is 0 Å². The Morgan fingerprint density at radius 2 is 2.05 bits per heavy atom. The summed E-state index contributed by atoms with van der Waals surface area (Å²) in [5.41, 5.74) is 2.66. The fourth-order valence-electron chi connectivity index (χ4n) is 2.96. The molecule has 1 heterocycles. The molecule has 1 unspecified atom stereocenters. The highest BCUT2D eigenvalue weighted by Gasteiger charge is 2.33. The maximum atomic E-state index is 6.14. The third kappa shape index (κ3) is 3.76. The minimum atomic E-state index is -0.0802. The number of nitrogens with one attached hydrogen (secondary N) is 1. The van der Waals surface area contributed by atoms with Crippen molar-refractivity contribution in [1.82, 2.24) is 5.32 Å². The van der Waals surface area contributed by atoms with Crippen LogP contribution < -0.4 is 10.1 Å². The van der Waals surface area contributed by atoms with Crippen LogP contribution in [0, 0.1) is 0 Å². The van der Waals surface area contributed by atoms with Crippen LogP contribution in [-0.2, 0) is 6.42 Å². The summed E-state index contributed by atoms with van der Waals surface area (Å²) in [5, 5.41) is 3.74. The van der Waals surface area contributed by atoms with Gasteiger partial charge in [-0.25, -0.2) is 0 Å². The van der Waals surface area contributed by atoms with Gasteiger partial charge in [-0.3, -0.25) is 0 Å². The summed E-state index contributed by atoms with van der Waals surface area (Å²) in [5.74, 6) is 1.06. The SMILES string of the molecule is CCCCCNC1CC(C)(C)Oc2ccc(CC)cc21. The molecular formula is C18H29NO. The molecule has 0 amide bonds. The van der Waals surface area contributed by atoms with Crippen LogP contribution in [0.5, 0.6) is 5.75 Å². The molecule has 20 heavy (non-hydrogen) atoms. The lowest BCUT2D eigenvalue weighted by Gasteiger charge is -2.38. The molecule has 0 aliphatic carbocycles. The molecule has 0 fully saturated rings. The Bertz CT molecular complexity index is 439. The highest BCUT2D eigenvalue weighted by atomic mass is 16.5. The van der Waals surface area contributed by atoms with Crippen LogP contribution in [0.1, 0.15) is 70.5 Å². The van der Waals surface area contributed by atoms with E-state index in [1.54, 1.807) is 0 Å². The summed E-state index contributed by atoms with van der Waals surface area (Å²) >= 11 is 0. The molecule has 1 aliphatic rings. The van der Waals surface area contributed by atoms with Gasteiger partial charge >= 0.3 is 0 Å². The van der Waals surface area contributed by atoms with Crippen LogP contribution in [0.2, 0.25) is 0 Å². The Kier molecular flexibility index (Phi) is 5.09. The van der Waals surface area contributed by atoms with Crippen molar-refractivity contribution in [2.75, 3.05) is 6.54 Å². The van der Waals surface area contributed by atoms with E-state index in [9.17, 15) is 0 Å². The van der Waals surface area contributed by atoms with Crippen molar-refractivity contribution in [3.63, 3.8) is 0 Å². The van der Waals surface area contributed by atoms with Crippen molar-refractivity contribution in [3.8, 4) is 5.75 Å². The van der Waals surface area contributed by atoms with Gasteiger partial charge in [0.05, 0.1) is 0 Å². The summed E-state index contributed by atoms with van der Waals surface area (Å²) in [4.78, 5) is 0. The third-order valence-corrected chi connectivity index (χ3v) is 4.11. The predicted molar refractivity (Wildman–Crippen MR) is 85.4 cm³/mol. The monoisotopic (exact) mass is 275 g/mol. The molecule has 0 saturated carbocycles. The first-order valence-electron chi connectivity index (χ1n) is 8.11. The molecule has 1 aliphatic heterocycles. The van der Waals surface area contributed by atoms with Crippen molar-refractivity contribution in [2.45, 2.75) is 71.4 Å². The summed E-state index contributed by atoms with van der Waals surface area (Å²) in [6, 6.07) is 7.09. The van der Waals surface area contributed by atoms with Crippen molar-refractivity contribution in [3.05, 3.63) is 29.3 Å². The van der Waals surface area contributed by atoms with E-state index in [1.165, 1.54) is 30.4 Å². The zero-order valence-corrected chi connectivity index (χ0v) is 13.5. The van der Waals surface area contributed by atoms with Crippen LogP contribution in [-0.4, -0.2) is 12.1 Å². The van der Waals surface area contributed by atoms with Crippen molar-refractivity contribution < 1.29 is 4.74 Å². The number of unbranched alkanes of at least 4 members (excludes halogenated alkanes) is 2. The van der Waals surface area contributed by atoms with E-state index in [-0.39, 0.29) is 5.60 Å². The van der Waals surface area contributed by atoms with Gasteiger partial charge in [-0.2, -0.15) is 0 Å². The minimum Gasteiger partial charge on any atom is -0.487 e. The minimum absolute atomic E-state index is 0.0802. The number of benzene rings is 1. The molecule has 0 radical (unpaired) electrons. The normalized spacial score (nSPS) is 20.3. The topological polar surface area (TPSA) is 21.3 Å². The zero-order chi connectivity index (χ0) is 14.6. The predicted octanol–water partition coefficient (Wildman–Crippen LogP) is 4.63. The van der Waals surface area contributed by atoms with Crippen molar-refractivity contribution >= 4 is 0 Å². The molecule has 2 heteroatoms. The van der Waals surface area contributed by atoms with Gasteiger partial charge < -0.3 is 10.1 Å². The van der Waals surface area contributed by atoms with Crippen LogP contribution in [0.15, 0.2) is 18.2 Å². The van der Waals surface area contributed by atoms with Gasteiger partial charge in [-0.05, 0) is 44.9 Å². The molecule has 1 N–H and O–H groups in total. The second kappa shape index (κ2) is 6.62. The first kappa shape index (κ1) is 15.4. The first-order valence-corrected chi connectivity index (χ1v) is 8.11. The molecule has 1 atom stereocenters. The second-order valence-corrected chi connectivity index (χ2v) is 6.51. The van der Waals surface area contributed by atoms with Crippen molar-refractivity contribution in [1.29, 1.82) is 0 Å². The number of hydrogen-bond donors (Lipinski definition) is 1. The molecule has 0 aromatic heterocycles. The molecule has 2 nitrogen and oxygen atoms in total. The highest BCUT2D eigenvalue weighted by molar-refractivity contribution is 5.41. The van der Waals surface area contributed by atoms with Gasteiger partial charge in [0, 0.05) is 18.0 Å². The van der Waals surface area contributed by atoms with Gasteiger partial charge in [0.15, 0.2) is 0 Å². The second-order valence-electron chi connectivity index (χ2n) is 6.51. The fraction of sp³-hybridized carbons (Fsp3) is 0.667. The molecule has 0 spiro atoms. The van der Waals surface area contributed by atoms with Crippen LogP contribution in [0.3, 0.4) is 0 Å². The Labute approximate surface area is 123 Å². The van der Waals surface area contributed by atoms with E-state index in [1.807, 2.05) is 0 Å². The average molecular weight is 275 g/mol. The largest absolute Gasteiger partial charge is 0.487 e. The Balaban J connectivity index is 2.14. The summed E-state index contributed by atoms with van der Waals surface area (Å²) in [7, 11) is 0. The third-order valence-electron chi connectivity index (χ3n) is 4.11. The van der Waals surface area contributed by atoms with E-state index in [4.69, 9.17) is 4.74 Å². The van der Waals surface area contributed by atoms with Gasteiger partial charge in [-0.1, -0.05) is 38.8 Å². The smallest absolute Gasteiger partial charge is 0.124 e. The first-order chi connectivity index (χ1) is 9.55. The lowest BCUT2D eigenvalue weighted by molar-refractivity contribution is 0.0660. The summed E-state index contributed by atoms with van der Waals surface area (Å²) < 4.78 is 6.14. The maximum absolute atomic E-state index is 6.14. The Morgan fingerprint density at radius 3 is 2.75 bits per heavy atom. The quantitative estimate of drug-likeness (QED) is 0.764. The van der Waals surface area contributed by atoms with E-state index in [2.05, 4.69) is 51.2 Å². The number of aryl methyl sites for hydroxylation is 1. The van der Waals surface area contributed by atoms with Gasteiger partial charge in [0.2, 0.25) is 0 Å². The summed E-state index contributed by atoms with van der Waals surface area (Å²) in [6.07, 6.45) is 5.97. The zero-order valence-electron chi connectivity index (χ0n) is 13.5. The number of ether oxygens (including phenoxy) is 1.